The number of nitrogens with one attached hydrogen (secondary N) is 1. The molecule has 2 aromatic heterocycles. The summed E-state index contributed by atoms with van der Waals surface area (Å²) in [6, 6.07) is 17.0. The predicted molar refractivity (Wildman–Crippen MR) is 112 cm³/mol. The van der Waals surface area contributed by atoms with E-state index in [1.807, 2.05) is 53.9 Å². The molecule has 0 aliphatic carbocycles. The third kappa shape index (κ3) is 3.90. The van der Waals surface area contributed by atoms with E-state index in [1.165, 1.54) is 18.3 Å². The van der Waals surface area contributed by atoms with Crippen LogP contribution in [0.5, 0.6) is 0 Å². The Morgan fingerprint density at radius 1 is 1.10 bits per heavy atom. The van der Waals surface area contributed by atoms with Gasteiger partial charge in [-0.3, -0.25) is 10.1 Å². The first-order valence-electron chi connectivity index (χ1n) is 9.04. The normalized spacial score (nSPS) is 11.9. The lowest BCUT2D eigenvalue weighted by Gasteiger charge is -2.11. The number of benzene rings is 2. The summed E-state index contributed by atoms with van der Waals surface area (Å²) in [4.78, 5) is 29.3. The van der Waals surface area contributed by atoms with E-state index in [0.717, 1.165) is 16.6 Å². The quantitative estimate of drug-likeness (QED) is 0.469. The zero-order valence-corrected chi connectivity index (χ0v) is 16.7. The molecule has 0 saturated carbocycles. The third-order valence-corrected chi connectivity index (χ3v) is 5.24. The molecule has 0 aliphatic heterocycles. The fraction of sp³-hybridized carbons (Fsp3) is 0.136. The number of nitrogens with zero attached hydrogens (tertiary/aromatic N) is 1. The molecular formula is C22H18N2O4S. The molecule has 0 fully saturated rings. The van der Waals surface area contributed by atoms with E-state index in [0.29, 0.717) is 16.3 Å². The number of fused-ring (bicyclic) bond motifs is 1. The molecule has 0 spiro atoms. The van der Waals surface area contributed by atoms with Crippen LogP contribution < -0.4 is 5.32 Å². The van der Waals surface area contributed by atoms with Gasteiger partial charge in [0, 0.05) is 21.9 Å². The van der Waals surface area contributed by atoms with Gasteiger partial charge in [0.2, 0.25) is 5.76 Å². The van der Waals surface area contributed by atoms with E-state index >= 15 is 0 Å². The Labute approximate surface area is 171 Å². The van der Waals surface area contributed by atoms with Gasteiger partial charge in [-0.25, -0.2) is 9.78 Å². The third-order valence-electron chi connectivity index (χ3n) is 4.49. The summed E-state index contributed by atoms with van der Waals surface area (Å²) >= 11 is 1.31. The molecule has 1 atom stereocenters. The molecule has 2 heterocycles. The molecule has 4 aromatic rings. The van der Waals surface area contributed by atoms with E-state index < -0.39 is 18.0 Å². The highest BCUT2D eigenvalue weighted by Crippen LogP contribution is 2.27. The van der Waals surface area contributed by atoms with Crippen molar-refractivity contribution in [3.63, 3.8) is 0 Å². The number of hydrogen-bond acceptors (Lipinski definition) is 6. The number of amides is 1. The van der Waals surface area contributed by atoms with Gasteiger partial charge in [-0.1, -0.05) is 48.5 Å². The van der Waals surface area contributed by atoms with Crippen molar-refractivity contribution in [2.45, 2.75) is 20.0 Å². The second-order valence-corrected chi connectivity index (χ2v) is 7.35. The molecule has 7 heteroatoms. The predicted octanol–water partition coefficient (Wildman–Crippen LogP) is 5.05. The molecule has 29 heavy (non-hydrogen) atoms. The second-order valence-electron chi connectivity index (χ2n) is 6.49. The lowest BCUT2D eigenvalue weighted by molar-refractivity contribution is -0.123. The van der Waals surface area contributed by atoms with Crippen molar-refractivity contribution in [1.82, 2.24) is 4.98 Å². The van der Waals surface area contributed by atoms with Crippen molar-refractivity contribution in [2.75, 3.05) is 5.32 Å². The number of anilines is 1. The van der Waals surface area contributed by atoms with Crippen molar-refractivity contribution < 1.29 is 18.7 Å². The van der Waals surface area contributed by atoms with Crippen molar-refractivity contribution in [1.29, 1.82) is 0 Å². The van der Waals surface area contributed by atoms with Crippen molar-refractivity contribution in [3.05, 3.63) is 71.3 Å². The van der Waals surface area contributed by atoms with Gasteiger partial charge in [-0.2, -0.15) is 0 Å². The highest BCUT2D eigenvalue weighted by molar-refractivity contribution is 7.14. The van der Waals surface area contributed by atoms with E-state index in [-0.39, 0.29) is 5.76 Å². The Bertz CT molecular complexity index is 1180. The maximum absolute atomic E-state index is 12.5. The fourth-order valence-electron chi connectivity index (χ4n) is 2.92. The van der Waals surface area contributed by atoms with Crippen LogP contribution >= 0.6 is 11.3 Å². The van der Waals surface area contributed by atoms with Gasteiger partial charge < -0.3 is 9.15 Å². The molecule has 146 valence electrons. The highest BCUT2D eigenvalue weighted by Gasteiger charge is 2.24. The molecule has 0 bridgehead atoms. The number of para-hydroxylation sites is 1. The number of esters is 1. The topological polar surface area (TPSA) is 81.4 Å². The van der Waals surface area contributed by atoms with Gasteiger partial charge >= 0.3 is 5.97 Å². The van der Waals surface area contributed by atoms with Crippen LogP contribution in [-0.4, -0.2) is 23.0 Å². The Hall–Kier alpha value is -3.45. The van der Waals surface area contributed by atoms with Crippen LogP contribution in [0, 0.1) is 6.92 Å². The number of carbonyl (C=O) groups is 2. The van der Waals surface area contributed by atoms with E-state index in [1.54, 1.807) is 13.0 Å². The monoisotopic (exact) mass is 406 g/mol. The van der Waals surface area contributed by atoms with Crippen LogP contribution in [0.25, 0.3) is 22.2 Å². The summed E-state index contributed by atoms with van der Waals surface area (Å²) in [7, 11) is 0. The lowest BCUT2D eigenvalue weighted by Crippen LogP contribution is -2.30. The van der Waals surface area contributed by atoms with Gasteiger partial charge in [0.1, 0.15) is 5.58 Å². The number of ether oxygens (including phenoxy) is 1. The van der Waals surface area contributed by atoms with Crippen LogP contribution in [0.1, 0.15) is 23.0 Å². The highest BCUT2D eigenvalue weighted by atomic mass is 32.1. The number of aryl methyl sites for hydroxylation is 1. The Balaban J connectivity index is 1.42. The number of carbonyl (C=O) groups excluding carboxylic acids is 2. The van der Waals surface area contributed by atoms with Gasteiger partial charge in [0.05, 0.1) is 5.69 Å². The van der Waals surface area contributed by atoms with Crippen LogP contribution in [0.15, 0.2) is 64.4 Å². The van der Waals surface area contributed by atoms with E-state index in [9.17, 15) is 9.59 Å². The first-order valence-corrected chi connectivity index (χ1v) is 9.92. The van der Waals surface area contributed by atoms with Gasteiger partial charge in [-0.05, 0) is 19.9 Å². The minimum absolute atomic E-state index is 0.103. The molecule has 6 nitrogen and oxygen atoms in total. The molecule has 4 rings (SSSR count). The maximum Gasteiger partial charge on any atom is 0.375 e. The summed E-state index contributed by atoms with van der Waals surface area (Å²) in [5.74, 6) is -1.03. The van der Waals surface area contributed by atoms with E-state index in [2.05, 4.69) is 10.3 Å². The molecule has 2 aromatic carbocycles. The first-order chi connectivity index (χ1) is 14.0. The number of thiazole rings is 1. The number of hydrogen-bond donors (Lipinski definition) is 1. The van der Waals surface area contributed by atoms with Crippen molar-refractivity contribution >= 4 is 39.3 Å². The van der Waals surface area contributed by atoms with Crippen LogP contribution in [0.2, 0.25) is 0 Å². The maximum atomic E-state index is 12.5. The summed E-state index contributed by atoms with van der Waals surface area (Å²) in [5, 5.41) is 5.83. The molecule has 1 amide bonds. The Morgan fingerprint density at radius 3 is 2.59 bits per heavy atom. The lowest BCUT2D eigenvalue weighted by atomic mass is 10.1. The average Bonchev–Trinajstić information content (AvgIpc) is 3.33. The summed E-state index contributed by atoms with van der Waals surface area (Å²) in [6.07, 6.45) is -1.00. The smallest absolute Gasteiger partial charge is 0.375 e. The Morgan fingerprint density at radius 2 is 1.83 bits per heavy atom. The molecular weight excluding hydrogens is 388 g/mol. The minimum Gasteiger partial charge on any atom is -0.449 e. The number of furan rings is 1. The fourth-order valence-corrected chi connectivity index (χ4v) is 3.64. The minimum atomic E-state index is -1.00. The van der Waals surface area contributed by atoms with Crippen molar-refractivity contribution in [2.24, 2.45) is 0 Å². The molecule has 0 saturated heterocycles. The molecule has 0 unspecified atom stereocenters. The molecule has 1 N–H and O–H groups in total. The largest absolute Gasteiger partial charge is 0.449 e. The number of aromatic nitrogens is 1. The standard InChI is InChI=1S/C22H18N2O4S/c1-13-16-10-6-7-11-18(16)28-19(13)21(26)27-14(2)20(25)24-22-23-17(12-29-22)15-8-4-3-5-9-15/h3-12,14H,1-2H3,(H,23,24,25)/t14-/m0/s1. The van der Waals surface area contributed by atoms with E-state index in [4.69, 9.17) is 9.15 Å². The summed E-state index contributed by atoms with van der Waals surface area (Å²) in [5.41, 5.74) is 3.02. The van der Waals surface area contributed by atoms with Crippen LogP contribution in [0.4, 0.5) is 5.13 Å². The van der Waals surface area contributed by atoms with Crippen LogP contribution in [-0.2, 0) is 9.53 Å². The van der Waals surface area contributed by atoms with Crippen molar-refractivity contribution in [3.8, 4) is 11.3 Å². The molecule has 0 aliphatic rings. The van der Waals surface area contributed by atoms with Gasteiger partial charge in [0.15, 0.2) is 11.2 Å². The summed E-state index contributed by atoms with van der Waals surface area (Å²) in [6.45, 7) is 3.30. The number of rotatable bonds is 5. The summed E-state index contributed by atoms with van der Waals surface area (Å²) < 4.78 is 10.9. The SMILES string of the molecule is Cc1c(C(=O)O[C@@H](C)C(=O)Nc2nc(-c3ccccc3)cs2)oc2ccccc12. The zero-order valence-electron chi connectivity index (χ0n) is 15.8. The first kappa shape index (κ1) is 18.9. The average molecular weight is 406 g/mol. The zero-order chi connectivity index (χ0) is 20.4. The molecule has 0 radical (unpaired) electrons. The second kappa shape index (κ2) is 7.89. The van der Waals surface area contributed by atoms with Gasteiger partial charge in [0.25, 0.3) is 5.91 Å². The van der Waals surface area contributed by atoms with Gasteiger partial charge in [-0.15, -0.1) is 11.3 Å². The van der Waals surface area contributed by atoms with Crippen LogP contribution in [0.3, 0.4) is 0 Å². The Kier molecular flexibility index (Phi) is 5.14.